The van der Waals surface area contributed by atoms with Gasteiger partial charge in [-0.1, -0.05) is 17.7 Å². The third kappa shape index (κ3) is 3.30. The van der Waals surface area contributed by atoms with Crippen molar-refractivity contribution in [1.29, 1.82) is 0 Å². The summed E-state index contributed by atoms with van der Waals surface area (Å²) >= 11 is 0. The fourth-order valence-electron chi connectivity index (χ4n) is 2.46. The lowest BCUT2D eigenvalue weighted by Crippen LogP contribution is -2.32. The first kappa shape index (κ1) is 16.1. The molecule has 118 valence electrons. The van der Waals surface area contributed by atoms with Crippen LogP contribution in [0.3, 0.4) is 0 Å². The fraction of sp³-hybridized carbons (Fsp3) is 0.412. The molecule has 1 aromatic heterocycles. The second kappa shape index (κ2) is 6.22. The Morgan fingerprint density at radius 3 is 2.45 bits per heavy atom. The molecular formula is C17H24N4O. The van der Waals surface area contributed by atoms with Crippen molar-refractivity contribution in [3.63, 3.8) is 0 Å². The van der Waals surface area contributed by atoms with Crippen LogP contribution in [-0.4, -0.2) is 21.7 Å². The van der Waals surface area contributed by atoms with Crippen LogP contribution < -0.4 is 10.6 Å². The number of nitrogens with zero attached hydrogens (tertiary/aromatic N) is 2. The van der Waals surface area contributed by atoms with E-state index < -0.39 is 0 Å². The highest BCUT2D eigenvalue weighted by Crippen LogP contribution is 2.20. The van der Waals surface area contributed by atoms with E-state index in [4.69, 9.17) is 0 Å². The molecule has 1 atom stereocenters. The van der Waals surface area contributed by atoms with Crippen molar-refractivity contribution >= 4 is 17.3 Å². The van der Waals surface area contributed by atoms with Gasteiger partial charge in [-0.15, -0.1) is 0 Å². The second-order valence-electron chi connectivity index (χ2n) is 5.84. The number of anilines is 2. The van der Waals surface area contributed by atoms with Crippen molar-refractivity contribution in [2.75, 3.05) is 10.6 Å². The zero-order chi connectivity index (χ0) is 16.4. The molecule has 0 aliphatic heterocycles. The van der Waals surface area contributed by atoms with E-state index in [0.29, 0.717) is 0 Å². The number of benzene rings is 1. The monoisotopic (exact) mass is 300 g/mol. The predicted octanol–water partition coefficient (Wildman–Crippen LogP) is 3.09. The number of amides is 1. The van der Waals surface area contributed by atoms with Gasteiger partial charge in [0.2, 0.25) is 5.91 Å². The van der Waals surface area contributed by atoms with Crippen LogP contribution in [0.4, 0.5) is 11.4 Å². The van der Waals surface area contributed by atoms with Gasteiger partial charge >= 0.3 is 0 Å². The summed E-state index contributed by atoms with van der Waals surface area (Å²) in [6, 6.07) is 5.81. The van der Waals surface area contributed by atoms with Crippen molar-refractivity contribution in [1.82, 2.24) is 9.78 Å². The molecule has 1 heterocycles. The summed E-state index contributed by atoms with van der Waals surface area (Å²) in [5.74, 6) is -0.0702. The van der Waals surface area contributed by atoms with Crippen LogP contribution in [0.1, 0.15) is 29.4 Å². The normalized spacial score (nSPS) is 12.1. The lowest BCUT2D eigenvalue weighted by Gasteiger charge is -2.17. The van der Waals surface area contributed by atoms with E-state index in [0.717, 1.165) is 28.3 Å². The Morgan fingerprint density at radius 2 is 1.91 bits per heavy atom. The van der Waals surface area contributed by atoms with Gasteiger partial charge in [0.1, 0.15) is 6.04 Å². The molecular weight excluding hydrogens is 276 g/mol. The predicted molar refractivity (Wildman–Crippen MR) is 90.3 cm³/mol. The Morgan fingerprint density at radius 1 is 1.23 bits per heavy atom. The maximum Gasteiger partial charge on any atom is 0.246 e. The molecule has 0 saturated carbocycles. The molecule has 1 amide bonds. The van der Waals surface area contributed by atoms with Crippen molar-refractivity contribution in [3.8, 4) is 0 Å². The minimum Gasteiger partial charge on any atom is -0.374 e. The molecule has 0 fully saturated rings. The van der Waals surface area contributed by atoms with Crippen LogP contribution in [0.25, 0.3) is 0 Å². The van der Waals surface area contributed by atoms with E-state index in [1.165, 1.54) is 5.56 Å². The smallest absolute Gasteiger partial charge is 0.246 e. The molecule has 0 spiro atoms. The highest BCUT2D eigenvalue weighted by Gasteiger charge is 2.17. The Kier molecular flexibility index (Phi) is 4.54. The van der Waals surface area contributed by atoms with E-state index in [1.54, 1.807) is 4.68 Å². The Labute approximate surface area is 131 Å². The highest BCUT2D eigenvalue weighted by molar-refractivity contribution is 5.97. The van der Waals surface area contributed by atoms with Gasteiger partial charge < -0.3 is 10.6 Å². The van der Waals surface area contributed by atoms with Crippen molar-refractivity contribution < 1.29 is 4.79 Å². The molecule has 22 heavy (non-hydrogen) atoms. The lowest BCUT2D eigenvalue weighted by molar-refractivity contribution is -0.116. The first-order valence-corrected chi connectivity index (χ1v) is 7.44. The van der Waals surface area contributed by atoms with Crippen LogP contribution in [0.5, 0.6) is 0 Å². The molecule has 0 radical (unpaired) electrons. The minimum atomic E-state index is -0.333. The summed E-state index contributed by atoms with van der Waals surface area (Å²) in [4.78, 5) is 12.4. The SMILES string of the molecule is Cc1ccc(N[C@H](C)C(=O)Nc2c(C)nn(C)c2C)c(C)c1. The quantitative estimate of drug-likeness (QED) is 0.912. The van der Waals surface area contributed by atoms with Crippen LogP contribution in [-0.2, 0) is 11.8 Å². The van der Waals surface area contributed by atoms with Crippen LogP contribution >= 0.6 is 0 Å². The first-order valence-electron chi connectivity index (χ1n) is 7.44. The van der Waals surface area contributed by atoms with E-state index in [1.807, 2.05) is 46.9 Å². The molecule has 2 rings (SSSR count). The molecule has 2 aromatic rings. The van der Waals surface area contributed by atoms with Gasteiger partial charge in [0, 0.05) is 12.7 Å². The second-order valence-corrected chi connectivity index (χ2v) is 5.84. The van der Waals surface area contributed by atoms with Crippen molar-refractivity contribution in [2.45, 2.75) is 40.7 Å². The third-order valence-electron chi connectivity index (χ3n) is 3.90. The summed E-state index contributed by atoms with van der Waals surface area (Å²) in [6.07, 6.45) is 0. The number of carbonyl (C=O) groups is 1. The molecule has 0 saturated heterocycles. The van der Waals surface area contributed by atoms with Crippen LogP contribution in [0.15, 0.2) is 18.2 Å². The fourth-order valence-corrected chi connectivity index (χ4v) is 2.46. The van der Waals surface area contributed by atoms with Gasteiger partial charge in [0.25, 0.3) is 0 Å². The van der Waals surface area contributed by atoms with Crippen molar-refractivity contribution in [2.24, 2.45) is 7.05 Å². The lowest BCUT2D eigenvalue weighted by atomic mass is 10.1. The summed E-state index contributed by atoms with van der Waals surface area (Å²) in [5.41, 5.74) is 5.89. The molecule has 0 aliphatic rings. The molecule has 0 bridgehead atoms. The van der Waals surface area contributed by atoms with Crippen LogP contribution in [0, 0.1) is 27.7 Å². The molecule has 1 aromatic carbocycles. The number of hydrogen-bond acceptors (Lipinski definition) is 3. The maximum absolute atomic E-state index is 12.4. The summed E-state index contributed by atoms with van der Waals surface area (Å²) < 4.78 is 1.77. The number of aryl methyl sites for hydroxylation is 4. The molecule has 5 heteroatoms. The number of hydrogen-bond donors (Lipinski definition) is 2. The van der Waals surface area contributed by atoms with Gasteiger partial charge in [-0.05, 0) is 46.2 Å². The summed E-state index contributed by atoms with van der Waals surface area (Å²) in [7, 11) is 1.87. The zero-order valence-electron chi connectivity index (χ0n) is 14.1. The maximum atomic E-state index is 12.4. The number of carbonyl (C=O) groups excluding carboxylic acids is 1. The van der Waals surface area contributed by atoms with Crippen LogP contribution in [0.2, 0.25) is 0 Å². The number of nitrogens with one attached hydrogen (secondary N) is 2. The standard InChI is InChI=1S/C17H24N4O/c1-10-7-8-15(11(2)9-10)18-13(4)17(22)19-16-12(3)20-21(6)14(16)5/h7-9,13,18H,1-6H3,(H,19,22)/t13-/m1/s1. The van der Waals surface area contributed by atoms with Gasteiger partial charge in [0.15, 0.2) is 0 Å². The topological polar surface area (TPSA) is 59.0 Å². The van der Waals surface area contributed by atoms with Gasteiger partial charge in [0.05, 0.1) is 17.1 Å². The van der Waals surface area contributed by atoms with E-state index in [-0.39, 0.29) is 11.9 Å². The Balaban J connectivity index is 2.09. The molecule has 0 aliphatic carbocycles. The summed E-state index contributed by atoms with van der Waals surface area (Å²) in [6.45, 7) is 9.79. The average Bonchev–Trinajstić information content (AvgIpc) is 2.68. The van der Waals surface area contributed by atoms with E-state index >= 15 is 0 Å². The van der Waals surface area contributed by atoms with Gasteiger partial charge in [-0.25, -0.2) is 0 Å². The number of rotatable bonds is 4. The first-order chi connectivity index (χ1) is 10.3. The van der Waals surface area contributed by atoms with Crippen molar-refractivity contribution in [3.05, 3.63) is 40.7 Å². The zero-order valence-corrected chi connectivity index (χ0v) is 14.1. The number of aromatic nitrogens is 2. The molecule has 2 N–H and O–H groups in total. The highest BCUT2D eigenvalue weighted by atomic mass is 16.2. The van der Waals surface area contributed by atoms with E-state index in [2.05, 4.69) is 28.7 Å². The molecule has 5 nitrogen and oxygen atoms in total. The Bertz CT molecular complexity index is 703. The van der Waals surface area contributed by atoms with E-state index in [9.17, 15) is 4.79 Å². The third-order valence-corrected chi connectivity index (χ3v) is 3.90. The summed E-state index contributed by atoms with van der Waals surface area (Å²) in [5, 5.41) is 10.5. The average molecular weight is 300 g/mol. The Hall–Kier alpha value is -2.30. The van der Waals surface area contributed by atoms with Gasteiger partial charge in [-0.3, -0.25) is 9.48 Å². The van der Waals surface area contributed by atoms with Gasteiger partial charge in [-0.2, -0.15) is 5.10 Å². The minimum absolute atomic E-state index is 0.0702. The molecule has 0 unspecified atom stereocenters. The largest absolute Gasteiger partial charge is 0.374 e.